The van der Waals surface area contributed by atoms with Crippen molar-refractivity contribution in [3.05, 3.63) is 48.7 Å². The monoisotopic (exact) mass is 198 g/mol. The van der Waals surface area contributed by atoms with E-state index >= 15 is 0 Å². The summed E-state index contributed by atoms with van der Waals surface area (Å²) in [4.78, 5) is 14.6. The molecule has 0 bridgehead atoms. The summed E-state index contributed by atoms with van der Waals surface area (Å²) >= 11 is 0. The molecule has 0 aliphatic heterocycles. The lowest BCUT2D eigenvalue weighted by Gasteiger charge is -2.04. The minimum atomic E-state index is 0.510. The van der Waals surface area contributed by atoms with Crippen molar-refractivity contribution in [3.8, 4) is 0 Å². The lowest BCUT2D eigenvalue weighted by atomic mass is 10.2. The summed E-state index contributed by atoms with van der Waals surface area (Å²) in [5.74, 6) is 0. The van der Waals surface area contributed by atoms with Crippen LogP contribution in [0.3, 0.4) is 0 Å². The molecular weight excluding hydrogens is 188 g/mol. The second-order valence-electron chi connectivity index (χ2n) is 3.13. The fourth-order valence-electron chi connectivity index (χ4n) is 1.38. The molecule has 74 valence electrons. The first-order valence-electron chi connectivity index (χ1n) is 4.56. The van der Waals surface area contributed by atoms with E-state index in [0.29, 0.717) is 17.8 Å². The van der Waals surface area contributed by atoms with Gasteiger partial charge in [0.05, 0.1) is 16.9 Å². The van der Waals surface area contributed by atoms with Crippen LogP contribution in [0.5, 0.6) is 0 Å². The minimum Gasteiger partial charge on any atom is -0.327 e. The number of fused-ring (bicyclic) bond motifs is 1. The largest absolute Gasteiger partial charge is 0.327 e. The van der Waals surface area contributed by atoms with Crippen molar-refractivity contribution in [1.82, 2.24) is 10.3 Å². The normalized spacial score (nSPS) is 9.87. The molecule has 2 rings (SSSR count). The molecule has 0 saturated heterocycles. The molecule has 0 unspecified atom stereocenters. The van der Waals surface area contributed by atoms with Gasteiger partial charge in [-0.05, 0) is 12.1 Å². The Morgan fingerprint density at radius 2 is 2.07 bits per heavy atom. The van der Waals surface area contributed by atoms with Gasteiger partial charge in [0.2, 0.25) is 6.41 Å². The topological polar surface area (TPSA) is 42.0 Å². The maximum atomic E-state index is 10.3. The Labute approximate surface area is 87.4 Å². The van der Waals surface area contributed by atoms with E-state index in [1.54, 1.807) is 0 Å². The third-order valence-electron chi connectivity index (χ3n) is 2.14. The van der Waals surface area contributed by atoms with E-state index in [0.717, 1.165) is 10.9 Å². The van der Waals surface area contributed by atoms with Gasteiger partial charge in [0.1, 0.15) is 0 Å². The molecule has 1 N–H and O–H groups in total. The average Bonchev–Trinajstić information content (AvgIpc) is 2.29. The highest BCUT2D eigenvalue weighted by Crippen LogP contribution is 2.14. The van der Waals surface area contributed by atoms with Crippen LogP contribution in [0.25, 0.3) is 16.6 Å². The summed E-state index contributed by atoms with van der Waals surface area (Å²) in [6.45, 7) is 3.72. The molecule has 2 aromatic rings. The van der Waals surface area contributed by atoms with Crippen molar-refractivity contribution in [3.63, 3.8) is 0 Å². The summed E-state index contributed by atoms with van der Waals surface area (Å²) in [5.41, 5.74) is 2.08. The third-order valence-corrected chi connectivity index (χ3v) is 2.14. The number of carbonyl (C=O) groups is 1. The molecule has 15 heavy (non-hydrogen) atoms. The van der Waals surface area contributed by atoms with Crippen molar-refractivity contribution in [2.75, 3.05) is 0 Å². The van der Waals surface area contributed by atoms with E-state index < -0.39 is 0 Å². The van der Waals surface area contributed by atoms with Crippen LogP contribution in [0, 0.1) is 0 Å². The first kappa shape index (κ1) is 9.40. The number of hydrogen-bond acceptors (Lipinski definition) is 2. The average molecular weight is 198 g/mol. The van der Waals surface area contributed by atoms with E-state index in [-0.39, 0.29) is 0 Å². The van der Waals surface area contributed by atoms with Crippen LogP contribution < -0.4 is 5.32 Å². The Kier molecular flexibility index (Phi) is 2.46. The standard InChI is InChI=1S/C12H10N2O/c1-9(13-8-15)11-7-6-10-4-2-3-5-12(10)14-11/h2-8H,1H2,(H,13,15). The number of aromatic nitrogens is 1. The second kappa shape index (κ2) is 3.92. The number of nitrogens with one attached hydrogen (secondary N) is 1. The van der Waals surface area contributed by atoms with Gasteiger partial charge in [-0.25, -0.2) is 4.98 Å². The van der Waals surface area contributed by atoms with Gasteiger partial charge in [0, 0.05) is 5.39 Å². The van der Waals surface area contributed by atoms with Gasteiger partial charge in [0.15, 0.2) is 0 Å². The van der Waals surface area contributed by atoms with Crippen LogP contribution in [-0.4, -0.2) is 11.4 Å². The summed E-state index contributed by atoms with van der Waals surface area (Å²) in [6.07, 6.45) is 0.596. The molecule has 0 aliphatic carbocycles. The summed E-state index contributed by atoms with van der Waals surface area (Å²) in [6, 6.07) is 11.6. The van der Waals surface area contributed by atoms with Crippen LogP contribution in [0.15, 0.2) is 43.0 Å². The number of hydrogen-bond donors (Lipinski definition) is 1. The van der Waals surface area contributed by atoms with Crippen molar-refractivity contribution < 1.29 is 4.79 Å². The van der Waals surface area contributed by atoms with E-state index in [4.69, 9.17) is 0 Å². The zero-order valence-corrected chi connectivity index (χ0v) is 8.10. The summed E-state index contributed by atoms with van der Waals surface area (Å²) in [5, 5.41) is 3.56. The molecule has 1 amide bonds. The predicted octanol–water partition coefficient (Wildman–Crippen LogP) is 1.95. The lowest BCUT2D eigenvalue weighted by molar-refractivity contribution is -0.108. The van der Waals surface area contributed by atoms with E-state index in [2.05, 4.69) is 16.9 Å². The zero-order chi connectivity index (χ0) is 10.7. The molecule has 0 saturated carbocycles. The Bertz CT molecular complexity index is 520. The highest BCUT2D eigenvalue weighted by molar-refractivity contribution is 5.81. The lowest BCUT2D eigenvalue weighted by Crippen LogP contribution is -2.08. The molecule has 3 heteroatoms. The number of amides is 1. The number of para-hydroxylation sites is 1. The van der Waals surface area contributed by atoms with Crippen molar-refractivity contribution in [1.29, 1.82) is 0 Å². The molecule has 1 heterocycles. The van der Waals surface area contributed by atoms with Crippen LogP contribution in [-0.2, 0) is 4.79 Å². The van der Waals surface area contributed by atoms with Gasteiger partial charge in [0.25, 0.3) is 0 Å². The summed E-state index contributed by atoms with van der Waals surface area (Å²) < 4.78 is 0. The highest BCUT2D eigenvalue weighted by atomic mass is 16.1. The van der Waals surface area contributed by atoms with Crippen LogP contribution in [0.2, 0.25) is 0 Å². The second-order valence-corrected chi connectivity index (χ2v) is 3.13. The molecule has 0 spiro atoms. The van der Waals surface area contributed by atoms with Gasteiger partial charge in [-0.1, -0.05) is 30.8 Å². The fraction of sp³-hybridized carbons (Fsp3) is 0. The molecule has 1 aromatic carbocycles. The van der Waals surface area contributed by atoms with Crippen LogP contribution in [0.1, 0.15) is 5.69 Å². The predicted molar refractivity (Wildman–Crippen MR) is 60.0 cm³/mol. The molecular formula is C12H10N2O. The zero-order valence-electron chi connectivity index (χ0n) is 8.10. The maximum absolute atomic E-state index is 10.3. The van der Waals surface area contributed by atoms with Gasteiger partial charge in [-0.3, -0.25) is 4.79 Å². The van der Waals surface area contributed by atoms with E-state index in [1.807, 2.05) is 36.4 Å². The first-order chi connectivity index (χ1) is 7.31. The Balaban J connectivity index is 2.46. The van der Waals surface area contributed by atoms with Crippen LogP contribution in [0.4, 0.5) is 0 Å². The van der Waals surface area contributed by atoms with Crippen molar-refractivity contribution >= 4 is 23.0 Å². The van der Waals surface area contributed by atoms with Gasteiger partial charge < -0.3 is 5.32 Å². The highest BCUT2D eigenvalue weighted by Gasteiger charge is 2.00. The molecule has 0 atom stereocenters. The number of rotatable bonds is 3. The SMILES string of the molecule is C=C(NC=O)c1ccc2ccccc2n1. The van der Waals surface area contributed by atoms with E-state index in [1.165, 1.54) is 0 Å². The third kappa shape index (κ3) is 1.86. The van der Waals surface area contributed by atoms with Gasteiger partial charge in [-0.15, -0.1) is 0 Å². The quantitative estimate of drug-likeness (QED) is 0.766. The number of pyridine rings is 1. The van der Waals surface area contributed by atoms with Crippen LogP contribution >= 0.6 is 0 Å². The molecule has 1 aromatic heterocycles. The van der Waals surface area contributed by atoms with Gasteiger partial charge >= 0.3 is 0 Å². The number of benzene rings is 1. The van der Waals surface area contributed by atoms with Crippen molar-refractivity contribution in [2.24, 2.45) is 0 Å². The Morgan fingerprint density at radius 1 is 1.27 bits per heavy atom. The molecule has 0 radical (unpaired) electrons. The maximum Gasteiger partial charge on any atom is 0.211 e. The Morgan fingerprint density at radius 3 is 2.87 bits per heavy atom. The van der Waals surface area contributed by atoms with E-state index in [9.17, 15) is 4.79 Å². The number of nitrogens with zero attached hydrogens (tertiary/aromatic N) is 1. The summed E-state index contributed by atoms with van der Waals surface area (Å²) in [7, 11) is 0. The molecule has 3 nitrogen and oxygen atoms in total. The Hall–Kier alpha value is -2.16. The molecule has 0 aliphatic rings. The fourth-order valence-corrected chi connectivity index (χ4v) is 1.38. The van der Waals surface area contributed by atoms with Gasteiger partial charge in [-0.2, -0.15) is 0 Å². The first-order valence-corrected chi connectivity index (χ1v) is 4.56. The smallest absolute Gasteiger partial charge is 0.211 e. The van der Waals surface area contributed by atoms with Crippen molar-refractivity contribution in [2.45, 2.75) is 0 Å². The molecule has 0 fully saturated rings. The number of carbonyl (C=O) groups excluding carboxylic acids is 1. The minimum absolute atomic E-state index is 0.510.